The van der Waals surface area contributed by atoms with E-state index in [-0.39, 0.29) is 12.0 Å². The molecule has 0 heterocycles. The fraction of sp³-hybridized carbons (Fsp3) is 0.417. The highest BCUT2D eigenvalue weighted by Crippen LogP contribution is 2.25. The first-order chi connectivity index (χ1) is 6.65. The van der Waals surface area contributed by atoms with Crippen LogP contribution >= 0.6 is 0 Å². The minimum atomic E-state index is -0.107. The topological polar surface area (TPSA) is 26.3 Å². The zero-order valence-electron chi connectivity index (χ0n) is 8.86. The van der Waals surface area contributed by atoms with Crippen LogP contribution in [-0.2, 0) is 4.79 Å². The molecule has 0 radical (unpaired) electrons. The standard InChI is InChI=1S/C12H16O2/c1-9(2)14-12-7-5-4-6-11(12)10(3)8-13/h4-10H,1-3H3. The Morgan fingerprint density at radius 1 is 1.21 bits per heavy atom. The van der Waals surface area contributed by atoms with E-state index in [0.717, 1.165) is 17.6 Å². The molecule has 0 aliphatic carbocycles. The SMILES string of the molecule is CC(C)Oc1ccccc1C(C)C=O. The molecule has 2 nitrogen and oxygen atoms in total. The average Bonchev–Trinajstić information content (AvgIpc) is 2.16. The molecule has 0 aliphatic rings. The summed E-state index contributed by atoms with van der Waals surface area (Å²) < 4.78 is 5.61. The molecule has 0 saturated heterocycles. The number of hydrogen-bond donors (Lipinski definition) is 0. The van der Waals surface area contributed by atoms with E-state index in [1.807, 2.05) is 45.0 Å². The van der Waals surface area contributed by atoms with Crippen LogP contribution < -0.4 is 4.74 Å². The number of carbonyl (C=O) groups excluding carboxylic acids is 1. The first kappa shape index (κ1) is 10.8. The maximum atomic E-state index is 10.7. The predicted octanol–water partition coefficient (Wildman–Crippen LogP) is 2.78. The van der Waals surface area contributed by atoms with Gasteiger partial charge in [-0.05, 0) is 19.9 Å². The molecular weight excluding hydrogens is 176 g/mol. The minimum absolute atomic E-state index is 0.107. The van der Waals surface area contributed by atoms with Crippen LogP contribution in [0.15, 0.2) is 24.3 Å². The van der Waals surface area contributed by atoms with Crippen molar-refractivity contribution in [3.8, 4) is 5.75 Å². The lowest BCUT2D eigenvalue weighted by Gasteiger charge is -2.15. The summed E-state index contributed by atoms with van der Waals surface area (Å²) in [5.74, 6) is 0.701. The molecule has 0 amide bonds. The van der Waals surface area contributed by atoms with Crippen LogP contribution in [0.1, 0.15) is 32.3 Å². The molecule has 0 aromatic heterocycles. The van der Waals surface area contributed by atoms with Gasteiger partial charge < -0.3 is 9.53 Å². The van der Waals surface area contributed by atoms with Crippen molar-refractivity contribution in [2.24, 2.45) is 0 Å². The lowest BCUT2D eigenvalue weighted by atomic mass is 10.0. The number of hydrogen-bond acceptors (Lipinski definition) is 2. The molecule has 0 aliphatic heterocycles. The van der Waals surface area contributed by atoms with Crippen molar-refractivity contribution in [1.29, 1.82) is 0 Å². The van der Waals surface area contributed by atoms with E-state index < -0.39 is 0 Å². The summed E-state index contributed by atoms with van der Waals surface area (Å²) in [6, 6.07) is 7.66. The molecule has 1 rings (SSSR count). The largest absolute Gasteiger partial charge is 0.491 e. The van der Waals surface area contributed by atoms with Gasteiger partial charge in [-0.1, -0.05) is 25.1 Å². The molecule has 0 saturated carbocycles. The van der Waals surface area contributed by atoms with Crippen molar-refractivity contribution >= 4 is 6.29 Å². The molecule has 1 atom stereocenters. The van der Waals surface area contributed by atoms with Crippen LogP contribution in [-0.4, -0.2) is 12.4 Å². The van der Waals surface area contributed by atoms with E-state index in [9.17, 15) is 4.79 Å². The average molecular weight is 192 g/mol. The second-order valence-electron chi connectivity index (χ2n) is 3.63. The predicted molar refractivity (Wildman–Crippen MR) is 56.7 cm³/mol. The molecule has 1 unspecified atom stereocenters. The van der Waals surface area contributed by atoms with Crippen molar-refractivity contribution in [3.63, 3.8) is 0 Å². The normalized spacial score (nSPS) is 12.6. The van der Waals surface area contributed by atoms with Crippen LogP contribution in [0.3, 0.4) is 0 Å². The Morgan fingerprint density at radius 2 is 1.86 bits per heavy atom. The molecule has 1 aromatic rings. The van der Waals surface area contributed by atoms with Gasteiger partial charge in [-0.3, -0.25) is 0 Å². The second kappa shape index (κ2) is 4.80. The number of aldehydes is 1. The van der Waals surface area contributed by atoms with Gasteiger partial charge in [0, 0.05) is 11.5 Å². The first-order valence-electron chi connectivity index (χ1n) is 4.86. The zero-order valence-corrected chi connectivity index (χ0v) is 8.86. The summed E-state index contributed by atoms with van der Waals surface area (Å²) in [6.07, 6.45) is 1.07. The molecular formula is C12H16O2. The Kier molecular flexibility index (Phi) is 3.69. The number of carbonyl (C=O) groups is 1. The lowest BCUT2D eigenvalue weighted by molar-refractivity contribution is -0.108. The van der Waals surface area contributed by atoms with Gasteiger partial charge in [0.05, 0.1) is 6.10 Å². The molecule has 0 spiro atoms. The third-order valence-corrected chi connectivity index (χ3v) is 1.98. The van der Waals surface area contributed by atoms with Crippen molar-refractivity contribution in [1.82, 2.24) is 0 Å². The number of benzene rings is 1. The van der Waals surface area contributed by atoms with Crippen molar-refractivity contribution in [3.05, 3.63) is 29.8 Å². The van der Waals surface area contributed by atoms with E-state index in [4.69, 9.17) is 4.74 Å². The van der Waals surface area contributed by atoms with Gasteiger partial charge in [-0.2, -0.15) is 0 Å². The summed E-state index contributed by atoms with van der Waals surface area (Å²) in [7, 11) is 0. The summed E-state index contributed by atoms with van der Waals surface area (Å²) in [5.41, 5.74) is 0.955. The lowest BCUT2D eigenvalue weighted by Crippen LogP contribution is -2.08. The number of ether oxygens (including phenoxy) is 1. The quantitative estimate of drug-likeness (QED) is 0.686. The van der Waals surface area contributed by atoms with Crippen LogP contribution in [0, 0.1) is 0 Å². The monoisotopic (exact) mass is 192 g/mol. The Labute approximate surface area is 84.9 Å². The van der Waals surface area contributed by atoms with Crippen LogP contribution in [0.5, 0.6) is 5.75 Å². The third-order valence-electron chi connectivity index (χ3n) is 1.98. The van der Waals surface area contributed by atoms with Crippen molar-refractivity contribution in [2.75, 3.05) is 0 Å². The number of rotatable bonds is 4. The second-order valence-corrected chi connectivity index (χ2v) is 3.63. The molecule has 2 heteroatoms. The molecule has 14 heavy (non-hydrogen) atoms. The van der Waals surface area contributed by atoms with Gasteiger partial charge in [-0.15, -0.1) is 0 Å². The molecule has 0 N–H and O–H groups in total. The van der Waals surface area contributed by atoms with Crippen LogP contribution in [0.25, 0.3) is 0 Å². The van der Waals surface area contributed by atoms with Crippen molar-refractivity contribution in [2.45, 2.75) is 32.8 Å². The summed E-state index contributed by atoms with van der Waals surface area (Å²) in [5, 5.41) is 0. The molecule has 0 bridgehead atoms. The Balaban J connectivity index is 2.96. The minimum Gasteiger partial charge on any atom is -0.491 e. The van der Waals surface area contributed by atoms with Crippen LogP contribution in [0.4, 0.5) is 0 Å². The highest BCUT2D eigenvalue weighted by Gasteiger charge is 2.10. The zero-order chi connectivity index (χ0) is 10.6. The Bertz CT molecular complexity index is 305. The third kappa shape index (κ3) is 2.59. The summed E-state index contributed by atoms with van der Waals surface area (Å²) in [4.78, 5) is 10.7. The van der Waals surface area contributed by atoms with Gasteiger partial charge in [-0.25, -0.2) is 0 Å². The fourth-order valence-corrected chi connectivity index (χ4v) is 1.29. The number of para-hydroxylation sites is 1. The van der Waals surface area contributed by atoms with Gasteiger partial charge in [0.1, 0.15) is 12.0 Å². The summed E-state index contributed by atoms with van der Waals surface area (Å²) in [6.45, 7) is 5.82. The Morgan fingerprint density at radius 3 is 2.43 bits per heavy atom. The maximum Gasteiger partial charge on any atom is 0.127 e. The van der Waals surface area contributed by atoms with Gasteiger partial charge in [0.2, 0.25) is 0 Å². The molecule has 1 aromatic carbocycles. The van der Waals surface area contributed by atoms with E-state index >= 15 is 0 Å². The highest BCUT2D eigenvalue weighted by atomic mass is 16.5. The molecule has 76 valence electrons. The van der Waals surface area contributed by atoms with Crippen LogP contribution in [0.2, 0.25) is 0 Å². The van der Waals surface area contributed by atoms with Gasteiger partial charge in [0.15, 0.2) is 0 Å². The smallest absolute Gasteiger partial charge is 0.127 e. The van der Waals surface area contributed by atoms with E-state index in [2.05, 4.69) is 0 Å². The van der Waals surface area contributed by atoms with Gasteiger partial charge >= 0.3 is 0 Å². The molecule has 0 fully saturated rings. The highest BCUT2D eigenvalue weighted by molar-refractivity contribution is 5.63. The summed E-state index contributed by atoms with van der Waals surface area (Å²) >= 11 is 0. The maximum absolute atomic E-state index is 10.7. The van der Waals surface area contributed by atoms with E-state index in [1.165, 1.54) is 0 Å². The van der Waals surface area contributed by atoms with Gasteiger partial charge in [0.25, 0.3) is 0 Å². The van der Waals surface area contributed by atoms with E-state index in [1.54, 1.807) is 0 Å². The van der Waals surface area contributed by atoms with Crippen molar-refractivity contribution < 1.29 is 9.53 Å². The first-order valence-corrected chi connectivity index (χ1v) is 4.86. The fourth-order valence-electron chi connectivity index (χ4n) is 1.29. The Hall–Kier alpha value is -1.31. The van der Waals surface area contributed by atoms with E-state index in [0.29, 0.717) is 0 Å².